The predicted molar refractivity (Wildman–Crippen MR) is 228 cm³/mol. The Kier molecular flexibility index (Phi) is 11.4. The van der Waals surface area contributed by atoms with Crippen LogP contribution in [0.1, 0.15) is 74.3 Å². The first-order chi connectivity index (χ1) is 26.5. The lowest BCUT2D eigenvalue weighted by molar-refractivity contribution is 0.267. The summed E-state index contributed by atoms with van der Waals surface area (Å²) in [5, 5.41) is 18.8. The second kappa shape index (κ2) is 16.2. The molecule has 55 heavy (non-hydrogen) atoms. The Morgan fingerprint density at radius 3 is 1.87 bits per heavy atom. The van der Waals surface area contributed by atoms with E-state index >= 15 is 0 Å². The van der Waals surface area contributed by atoms with Gasteiger partial charge in [-0.15, -0.1) is 5.10 Å². The lowest BCUT2D eigenvalue weighted by Gasteiger charge is -2.36. The third kappa shape index (κ3) is 7.63. The van der Waals surface area contributed by atoms with Gasteiger partial charge in [0, 0.05) is 29.5 Å². The molecule has 7 rings (SSSR count). The van der Waals surface area contributed by atoms with Gasteiger partial charge in [0.1, 0.15) is 11.4 Å². The maximum Gasteiger partial charge on any atom is 0.192 e. The minimum atomic E-state index is -2.00. The van der Waals surface area contributed by atoms with Crippen molar-refractivity contribution >= 4 is 31.3 Å². The van der Waals surface area contributed by atoms with E-state index in [1.807, 2.05) is 22.9 Å². The van der Waals surface area contributed by atoms with Crippen LogP contribution in [0.3, 0.4) is 0 Å². The first kappa shape index (κ1) is 38.6. The molecule has 0 aliphatic carbocycles. The molecule has 4 aromatic carbocycles. The zero-order chi connectivity index (χ0) is 38.6. The first-order valence-electron chi connectivity index (χ1n) is 19.0. The van der Waals surface area contributed by atoms with Crippen molar-refractivity contribution in [2.24, 2.45) is 0 Å². The highest BCUT2D eigenvalue weighted by atomic mass is 35.5. The first-order valence-corrected chi connectivity index (χ1v) is 23.3. The smallest absolute Gasteiger partial charge is 0.192 e. The summed E-state index contributed by atoms with van der Waals surface area (Å²) in [4.78, 5) is 4.84. The Balaban J connectivity index is 1.26. The van der Waals surface area contributed by atoms with Crippen molar-refractivity contribution in [3.8, 4) is 22.5 Å². The number of hydrogen-bond acceptors (Lipinski definition) is 6. The van der Waals surface area contributed by atoms with Crippen molar-refractivity contribution in [1.82, 2.24) is 29.8 Å². The van der Waals surface area contributed by atoms with Gasteiger partial charge in [-0.2, -0.15) is 11.3 Å². The van der Waals surface area contributed by atoms with E-state index in [0.29, 0.717) is 24.1 Å². The molecule has 0 fully saturated rings. The summed E-state index contributed by atoms with van der Waals surface area (Å²) < 4.78 is 10.9. The zero-order valence-electron chi connectivity index (χ0n) is 32.5. The van der Waals surface area contributed by atoms with Gasteiger partial charge < -0.3 is 8.99 Å². The van der Waals surface area contributed by atoms with Crippen LogP contribution < -0.4 is 0 Å². The average Bonchev–Trinajstić information content (AvgIpc) is 3.94. The van der Waals surface area contributed by atoms with Crippen LogP contribution in [0.4, 0.5) is 0 Å². The molecule has 0 atom stereocenters. The number of thiophene rings is 1. The highest BCUT2D eigenvalue weighted by Crippen LogP contribution is 2.44. The van der Waals surface area contributed by atoms with Gasteiger partial charge in [-0.1, -0.05) is 161 Å². The van der Waals surface area contributed by atoms with Gasteiger partial charge in [0.15, 0.2) is 19.3 Å². The van der Waals surface area contributed by atoms with E-state index in [9.17, 15) is 0 Å². The molecule has 0 aliphatic heterocycles. The molecule has 0 bridgehead atoms. The summed E-state index contributed by atoms with van der Waals surface area (Å²) in [6, 6.07) is 40.3. The minimum Gasteiger partial charge on any atom is -0.411 e. The number of halogens is 1. The molecular formula is C45H49ClN6OSSi. The van der Waals surface area contributed by atoms with E-state index in [0.717, 1.165) is 64.2 Å². The molecule has 10 heteroatoms. The molecular weight excluding hydrogens is 736 g/mol. The van der Waals surface area contributed by atoms with Crippen LogP contribution in [0.15, 0.2) is 126 Å². The van der Waals surface area contributed by atoms with E-state index in [2.05, 4.69) is 158 Å². The highest BCUT2D eigenvalue weighted by molar-refractivity contribution is 7.08. The maximum absolute atomic E-state index is 6.85. The number of aryl methyl sites for hydroxylation is 1. The highest BCUT2D eigenvalue weighted by Gasteiger charge is 2.42. The third-order valence-electron chi connectivity index (χ3n) is 11.1. The molecule has 3 heterocycles. The van der Waals surface area contributed by atoms with E-state index in [1.165, 1.54) is 5.56 Å². The fourth-order valence-corrected chi connectivity index (χ4v) is 8.99. The second-order valence-electron chi connectivity index (χ2n) is 15.6. The standard InChI is InChI=1S/C45H49ClN6OSSi/c1-7-8-24-41-47-42(46)40(30-53-55(5,6)44(2,3)4)51(41)29-33-25-27-34(28-26-33)38-31-54-32-39(38)43-48-49-50-52(43)45(35-18-12-9-13-19-35,36-20-14-10-15-21-36)37-22-16-11-17-23-37/h9-23,25-28,31-32H,7-8,24,29-30H2,1-6H3. The topological polar surface area (TPSA) is 70.7 Å². The van der Waals surface area contributed by atoms with Crippen LogP contribution in [-0.4, -0.2) is 38.1 Å². The maximum atomic E-state index is 6.85. The number of rotatable bonds is 14. The molecule has 0 spiro atoms. The SMILES string of the molecule is CCCCc1nc(Cl)c(CO[Si](C)(C)C(C)(C)C)n1Cc1ccc(-c2cscc2-c2nnnn2C(c2ccccc2)(c2ccccc2)c2ccccc2)cc1. The van der Waals surface area contributed by atoms with Crippen molar-refractivity contribution in [3.63, 3.8) is 0 Å². The molecule has 0 saturated heterocycles. The third-order valence-corrected chi connectivity index (χ3v) is 16.6. The van der Waals surface area contributed by atoms with Gasteiger partial charge in [-0.25, -0.2) is 9.67 Å². The van der Waals surface area contributed by atoms with Gasteiger partial charge in [0.25, 0.3) is 0 Å². The lowest BCUT2D eigenvalue weighted by atomic mass is 9.77. The Labute approximate surface area is 335 Å². The number of tetrazole rings is 1. The van der Waals surface area contributed by atoms with Crippen molar-refractivity contribution in [2.75, 3.05) is 0 Å². The van der Waals surface area contributed by atoms with Gasteiger partial charge >= 0.3 is 0 Å². The van der Waals surface area contributed by atoms with Crippen LogP contribution in [-0.2, 0) is 29.5 Å². The summed E-state index contributed by atoms with van der Waals surface area (Å²) in [7, 11) is -2.00. The summed E-state index contributed by atoms with van der Waals surface area (Å²) in [6.07, 6.45) is 3.01. The van der Waals surface area contributed by atoms with Crippen molar-refractivity contribution in [3.05, 3.63) is 165 Å². The van der Waals surface area contributed by atoms with Gasteiger partial charge in [0.2, 0.25) is 0 Å². The number of nitrogens with zero attached hydrogens (tertiary/aromatic N) is 6. The predicted octanol–water partition coefficient (Wildman–Crippen LogP) is 11.7. The molecule has 3 aromatic heterocycles. The van der Waals surface area contributed by atoms with Gasteiger partial charge in [-0.3, -0.25) is 0 Å². The van der Waals surface area contributed by atoms with Crippen molar-refractivity contribution < 1.29 is 4.43 Å². The number of aromatic nitrogens is 6. The summed E-state index contributed by atoms with van der Waals surface area (Å²) in [6.45, 7) is 14.7. The summed E-state index contributed by atoms with van der Waals surface area (Å²) in [5.74, 6) is 1.70. The zero-order valence-corrected chi connectivity index (χ0v) is 35.1. The molecule has 0 radical (unpaired) electrons. The van der Waals surface area contributed by atoms with E-state index in [-0.39, 0.29) is 5.04 Å². The fourth-order valence-electron chi connectivity index (χ4n) is 6.97. The second-order valence-corrected chi connectivity index (χ2v) is 21.5. The van der Waals surface area contributed by atoms with E-state index in [4.69, 9.17) is 31.3 Å². The summed E-state index contributed by atoms with van der Waals surface area (Å²) in [5.41, 5.74) is 7.62. The largest absolute Gasteiger partial charge is 0.411 e. The Bertz CT molecular complexity index is 2220. The number of unbranched alkanes of at least 4 members (excludes halogenated alkanes) is 1. The minimum absolute atomic E-state index is 0.0983. The van der Waals surface area contributed by atoms with Crippen LogP contribution in [0.2, 0.25) is 23.3 Å². The number of imidazole rings is 1. The van der Waals surface area contributed by atoms with Crippen molar-refractivity contribution in [1.29, 1.82) is 0 Å². The molecule has 0 unspecified atom stereocenters. The van der Waals surface area contributed by atoms with Crippen LogP contribution in [0.5, 0.6) is 0 Å². The quantitative estimate of drug-likeness (QED) is 0.0811. The number of benzene rings is 4. The van der Waals surface area contributed by atoms with Crippen LogP contribution in [0, 0.1) is 0 Å². The van der Waals surface area contributed by atoms with Crippen LogP contribution >= 0.6 is 22.9 Å². The fraction of sp³-hybridized carbons (Fsp3) is 0.289. The van der Waals surface area contributed by atoms with Crippen molar-refractivity contribution in [2.45, 2.75) is 83.8 Å². The van der Waals surface area contributed by atoms with Gasteiger partial charge in [0.05, 0.1) is 12.3 Å². The van der Waals surface area contributed by atoms with Gasteiger partial charge in [-0.05, 0) is 68.2 Å². The number of hydrogen-bond donors (Lipinski definition) is 0. The molecule has 282 valence electrons. The molecule has 0 N–H and O–H groups in total. The van der Waals surface area contributed by atoms with Crippen LogP contribution in [0.25, 0.3) is 22.5 Å². The molecule has 0 aliphatic rings. The molecule has 0 amide bonds. The van der Waals surface area contributed by atoms with E-state index < -0.39 is 13.9 Å². The Hall–Kier alpha value is -4.67. The Morgan fingerprint density at radius 1 is 0.764 bits per heavy atom. The molecule has 7 aromatic rings. The lowest BCUT2D eigenvalue weighted by Crippen LogP contribution is -2.40. The monoisotopic (exact) mass is 784 g/mol. The Morgan fingerprint density at radius 2 is 1.33 bits per heavy atom. The molecule has 7 nitrogen and oxygen atoms in total. The summed E-state index contributed by atoms with van der Waals surface area (Å²) >= 11 is 8.50. The normalized spacial score (nSPS) is 12.3. The average molecular weight is 786 g/mol. The molecule has 0 saturated carbocycles. The van der Waals surface area contributed by atoms with E-state index in [1.54, 1.807) is 11.3 Å².